The summed E-state index contributed by atoms with van der Waals surface area (Å²) >= 11 is 5.69. The first-order valence-corrected chi connectivity index (χ1v) is 10.2. The molecule has 1 unspecified atom stereocenters. The molecule has 0 spiro atoms. The van der Waals surface area contributed by atoms with Crippen LogP contribution in [0.4, 0.5) is 26.7 Å². The van der Waals surface area contributed by atoms with Crippen molar-refractivity contribution in [2.45, 2.75) is 56.7 Å². The first-order chi connectivity index (χ1) is 14.1. The van der Waals surface area contributed by atoms with Crippen LogP contribution in [-0.4, -0.2) is 30.6 Å². The SMILES string of the molecule is O=C1NC[C@@H](C(=O)CC(CC2CCC(C(F)(F)F)CC2)c2ccc(F)c(Cl)c2F)N1. The lowest BCUT2D eigenvalue weighted by atomic mass is 9.75. The van der Waals surface area contributed by atoms with E-state index in [0.717, 1.165) is 6.07 Å². The molecule has 0 radical (unpaired) electrons. The van der Waals surface area contributed by atoms with Crippen molar-refractivity contribution in [3.63, 3.8) is 0 Å². The smallest absolute Gasteiger partial charge is 0.336 e. The van der Waals surface area contributed by atoms with Gasteiger partial charge in [-0.25, -0.2) is 13.6 Å². The molecular formula is C20H22ClF5N2O2. The molecule has 2 N–H and O–H groups in total. The second-order valence-electron chi connectivity index (χ2n) is 8.03. The number of rotatable bonds is 6. The Morgan fingerprint density at radius 1 is 1.17 bits per heavy atom. The van der Waals surface area contributed by atoms with Crippen LogP contribution in [0.15, 0.2) is 12.1 Å². The Hall–Kier alpha value is -1.90. The summed E-state index contributed by atoms with van der Waals surface area (Å²) in [6.07, 6.45) is -3.48. The Balaban J connectivity index is 1.76. The van der Waals surface area contributed by atoms with Crippen molar-refractivity contribution in [1.82, 2.24) is 10.6 Å². The minimum atomic E-state index is -4.23. The fraction of sp³-hybridized carbons (Fsp3) is 0.600. The largest absolute Gasteiger partial charge is 0.391 e. The maximum atomic E-state index is 14.7. The first kappa shape index (κ1) is 22.8. The molecule has 1 aliphatic carbocycles. The van der Waals surface area contributed by atoms with Crippen LogP contribution in [0, 0.1) is 23.5 Å². The molecule has 1 aromatic rings. The van der Waals surface area contributed by atoms with E-state index in [1.165, 1.54) is 6.07 Å². The van der Waals surface area contributed by atoms with Crippen molar-refractivity contribution in [1.29, 1.82) is 0 Å². The fourth-order valence-electron chi connectivity index (χ4n) is 4.34. The zero-order chi connectivity index (χ0) is 22.1. The molecule has 1 saturated carbocycles. The fourth-order valence-corrected chi connectivity index (χ4v) is 4.51. The number of carbonyl (C=O) groups excluding carboxylic acids is 2. The van der Waals surface area contributed by atoms with Gasteiger partial charge in [0.2, 0.25) is 0 Å². The number of Topliss-reactive ketones (excluding diaryl/α,β-unsaturated/α-hetero) is 1. The number of alkyl halides is 3. The summed E-state index contributed by atoms with van der Waals surface area (Å²) in [5.41, 5.74) is 0.0602. The Morgan fingerprint density at radius 2 is 1.83 bits per heavy atom. The number of benzene rings is 1. The minimum Gasteiger partial charge on any atom is -0.336 e. The third-order valence-corrected chi connectivity index (χ3v) is 6.39. The average molecular weight is 453 g/mol. The predicted molar refractivity (Wildman–Crippen MR) is 100 cm³/mol. The lowest BCUT2D eigenvalue weighted by Gasteiger charge is -2.32. The Bertz CT molecular complexity index is 809. The number of amides is 2. The zero-order valence-electron chi connectivity index (χ0n) is 16.0. The van der Waals surface area contributed by atoms with Gasteiger partial charge < -0.3 is 10.6 Å². The van der Waals surface area contributed by atoms with Crippen LogP contribution in [0.5, 0.6) is 0 Å². The van der Waals surface area contributed by atoms with Crippen molar-refractivity contribution in [2.24, 2.45) is 11.8 Å². The topological polar surface area (TPSA) is 58.2 Å². The van der Waals surface area contributed by atoms with Gasteiger partial charge in [-0.2, -0.15) is 13.2 Å². The summed E-state index contributed by atoms with van der Waals surface area (Å²) in [5.74, 6) is -4.37. The maximum absolute atomic E-state index is 14.7. The summed E-state index contributed by atoms with van der Waals surface area (Å²) in [7, 11) is 0. The van der Waals surface area contributed by atoms with Crippen LogP contribution >= 0.6 is 11.6 Å². The van der Waals surface area contributed by atoms with E-state index in [1.807, 2.05) is 0 Å². The van der Waals surface area contributed by atoms with Gasteiger partial charge in [0.25, 0.3) is 0 Å². The van der Waals surface area contributed by atoms with Gasteiger partial charge >= 0.3 is 12.2 Å². The number of nitrogens with one attached hydrogen (secondary N) is 2. The molecule has 2 atom stereocenters. The van der Waals surface area contributed by atoms with E-state index in [1.54, 1.807) is 0 Å². The molecule has 1 aromatic carbocycles. The number of urea groups is 1. The number of carbonyl (C=O) groups is 2. The van der Waals surface area contributed by atoms with Crippen molar-refractivity contribution >= 4 is 23.4 Å². The van der Waals surface area contributed by atoms with Crippen LogP contribution in [0.25, 0.3) is 0 Å². The van der Waals surface area contributed by atoms with Crippen LogP contribution in [-0.2, 0) is 4.79 Å². The minimum absolute atomic E-state index is 0.00983. The average Bonchev–Trinajstić information content (AvgIpc) is 3.12. The Morgan fingerprint density at radius 3 is 2.40 bits per heavy atom. The highest BCUT2D eigenvalue weighted by molar-refractivity contribution is 6.31. The van der Waals surface area contributed by atoms with Crippen LogP contribution in [0.2, 0.25) is 5.02 Å². The molecule has 4 nitrogen and oxygen atoms in total. The van der Waals surface area contributed by atoms with Crippen LogP contribution in [0.3, 0.4) is 0 Å². The van der Waals surface area contributed by atoms with Crippen LogP contribution in [0.1, 0.15) is 50.0 Å². The van der Waals surface area contributed by atoms with E-state index in [0.29, 0.717) is 12.8 Å². The van der Waals surface area contributed by atoms with E-state index in [2.05, 4.69) is 10.6 Å². The zero-order valence-corrected chi connectivity index (χ0v) is 16.8. The molecule has 166 valence electrons. The molecule has 2 fully saturated rings. The third-order valence-electron chi connectivity index (χ3n) is 6.04. The molecule has 2 aliphatic rings. The van der Waals surface area contributed by atoms with Gasteiger partial charge in [-0.15, -0.1) is 0 Å². The standard InChI is InChI=1S/C20H22ClF5N2O2/c21-17-14(22)6-5-13(18(17)23)11(8-16(29)15-9-27-19(30)28-15)7-10-1-3-12(4-2-10)20(24,25)26/h5-6,10-12,15H,1-4,7-9H2,(H2,27,28,30)/t10?,11?,12?,15-/m0/s1. The van der Waals surface area contributed by atoms with Gasteiger partial charge in [0, 0.05) is 13.0 Å². The maximum Gasteiger partial charge on any atom is 0.391 e. The van der Waals surface area contributed by atoms with E-state index < -0.39 is 46.7 Å². The summed E-state index contributed by atoms with van der Waals surface area (Å²) < 4.78 is 67.0. The van der Waals surface area contributed by atoms with Crippen molar-refractivity contribution in [3.8, 4) is 0 Å². The van der Waals surface area contributed by atoms with E-state index in [9.17, 15) is 31.5 Å². The van der Waals surface area contributed by atoms with Gasteiger partial charge in [0.15, 0.2) is 5.78 Å². The summed E-state index contributed by atoms with van der Waals surface area (Å²) in [6, 6.07) is 0.991. The molecule has 0 bridgehead atoms. The van der Waals surface area contributed by atoms with Gasteiger partial charge in [-0.3, -0.25) is 4.79 Å². The molecule has 30 heavy (non-hydrogen) atoms. The Kier molecular flexibility index (Phi) is 6.89. The van der Waals surface area contributed by atoms with Gasteiger partial charge in [0.1, 0.15) is 22.7 Å². The van der Waals surface area contributed by atoms with Gasteiger partial charge in [0.05, 0.1) is 5.92 Å². The van der Waals surface area contributed by atoms with Crippen molar-refractivity contribution < 1.29 is 31.5 Å². The highest BCUT2D eigenvalue weighted by Crippen LogP contribution is 2.43. The van der Waals surface area contributed by atoms with Gasteiger partial charge in [-0.1, -0.05) is 17.7 Å². The summed E-state index contributed by atoms with van der Waals surface area (Å²) in [5, 5.41) is 4.26. The first-order valence-electron chi connectivity index (χ1n) is 9.83. The van der Waals surface area contributed by atoms with E-state index in [-0.39, 0.29) is 49.5 Å². The summed E-state index contributed by atoms with van der Waals surface area (Å²) in [6.45, 7) is 0.105. The molecule has 3 rings (SSSR count). The van der Waals surface area contributed by atoms with Crippen molar-refractivity contribution in [3.05, 3.63) is 34.4 Å². The van der Waals surface area contributed by atoms with Crippen LogP contribution < -0.4 is 10.6 Å². The number of hydrogen-bond donors (Lipinski definition) is 2. The van der Waals surface area contributed by atoms with E-state index >= 15 is 0 Å². The molecule has 2 amide bonds. The highest BCUT2D eigenvalue weighted by atomic mass is 35.5. The number of hydrogen-bond acceptors (Lipinski definition) is 2. The van der Waals surface area contributed by atoms with Crippen molar-refractivity contribution in [2.75, 3.05) is 6.54 Å². The monoisotopic (exact) mass is 452 g/mol. The normalized spacial score (nSPS) is 25.5. The summed E-state index contributed by atoms with van der Waals surface area (Å²) in [4.78, 5) is 23.9. The highest BCUT2D eigenvalue weighted by Gasteiger charge is 2.42. The Labute approximate surface area is 175 Å². The lowest BCUT2D eigenvalue weighted by Crippen LogP contribution is -2.35. The molecule has 0 aromatic heterocycles. The predicted octanol–water partition coefficient (Wildman–Crippen LogP) is 5.10. The lowest BCUT2D eigenvalue weighted by molar-refractivity contribution is -0.184. The number of ketones is 1. The molecule has 1 heterocycles. The van der Waals surface area contributed by atoms with Gasteiger partial charge in [-0.05, 0) is 55.6 Å². The van der Waals surface area contributed by atoms with E-state index in [4.69, 9.17) is 11.6 Å². The third kappa shape index (κ3) is 5.22. The second kappa shape index (κ2) is 9.08. The molecule has 1 saturated heterocycles. The quantitative estimate of drug-likeness (QED) is 0.466. The number of halogens is 6. The molecular weight excluding hydrogens is 431 g/mol. The molecule has 1 aliphatic heterocycles. The molecule has 10 heteroatoms. The second-order valence-corrected chi connectivity index (χ2v) is 8.41.